The van der Waals surface area contributed by atoms with Crippen molar-refractivity contribution in [3.05, 3.63) is 192 Å². The molecule has 0 N–H and O–H groups in total. The first-order valence-electron chi connectivity index (χ1n) is 19.7. The molecule has 0 aliphatic heterocycles. The van der Waals surface area contributed by atoms with Crippen LogP contribution in [-0.2, 0) is 0 Å². The summed E-state index contributed by atoms with van der Waals surface area (Å²) < 4.78 is 8.89. The summed E-state index contributed by atoms with van der Waals surface area (Å²) in [4.78, 5) is 14.2. The first kappa shape index (κ1) is 31.9. The lowest BCUT2D eigenvalue weighted by atomic mass is 10.0. The van der Waals surface area contributed by atoms with Crippen molar-refractivity contribution in [1.82, 2.24) is 18.1 Å². The Balaban J connectivity index is 1.04. The van der Waals surface area contributed by atoms with Crippen LogP contribution in [0.5, 0.6) is 0 Å². The molecule has 1 aliphatic carbocycles. The van der Waals surface area contributed by atoms with E-state index in [0.717, 1.165) is 56.6 Å². The minimum atomic E-state index is 0.00503. The van der Waals surface area contributed by atoms with Crippen molar-refractivity contribution in [3.8, 4) is 22.5 Å². The quantitative estimate of drug-likeness (QED) is 0.177. The van der Waals surface area contributed by atoms with Crippen LogP contribution in [0.25, 0.3) is 99.3 Å². The Bertz CT molecular complexity index is 3590. The monoisotopic (exact) mass is 732 g/mol. The fourth-order valence-corrected chi connectivity index (χ4v) is 9.47. The van der Waals surface area contributed by atoms with E-state index in [1.54, 1.807) is 0 Å². The summed E-state index contributed by atoms with van der Waals surface area (Å²) in [7, 11) is 0. The largest absolute Gasteiger partial charge is 0.309 e. The predicted molar refractivity (Wildman–Crippen MR) is 238 cm³/mol. The maximum atomic E-state index is 14.2. The van der Waals surface area contributed by atoms with E-state index in [0.29, 0.717) is 11.3 Å². The molecule has 0 fully saturated rings. The van der Waals surface area contributed by atoms with Crippen molar-refractivity contribution in [3.63, 3.8) is 0 Å². The first-order valence-corrected chi connectivity index (χ1v) is 19.7. The number of rotatable bonds is 4. The molecule has 7 aromatic carbocycles. The molecule has 4 heterocycles. The van der Waals surface area contributed by atoms with E-state index >= 15 is 0 Å². The highest BCUT2D eigenvalue weighted by atomic mass is 16.1. The summed E-state index contributed by atoms with van der Waals surface area (Å²) in [6.07, 6.45) is 7.46. The molecular formula is C52H36N4O. The third kappa shape index (κ3) is 4.66. The summed E-state index contributed by atoms with van der Waals surface area (Å²) in [5, 5.41) is 6.70. The van der Waals surface area contributed by atoms with Crippen molar-refractivity contribution in [2.75, 3.05) is 0 Å². The van der Waals surface area contributed by atoms with Gasteiger partial charge in [0.15, 0.2) is 0 Å². The van der Waals surface area contributed by atoms with Crippen LogP contribution in [0.4, 0.5) is 0 Å². The van der Waals surface area contributed by atoms with Gasteiger partial charge >= 0.3 is 0 Å². The van der Waals surface area contributed by atoms with Crippen molar-refractivity contribution < 1.29 is 0 Å². The van der Waals surface area contributed by atoms with Gasteiger partial charge in [-0.3, -0.25) is 13.8 Å². The second kappa shape index (κ2) is 12.1. The highest BCUT2D eigenvalue weighted by molar-refractivity contribution is 6.13. The lowest BCUT2D eigenvalue weighted by Crippen LogP contribution is -2.22. The van der Waals surface area contributed by atoms with Gasteiger partial charge in [0.25, 0.3) is 5.56 Å². The molecule has 1 aliphatic rings. The number of hydrogen-bond donors (Lipinski definition) is 0. The van der Waals surface area contributed by atoms with E-state index in [1.807, 2.05) is 22.8 Å². The Morgan fingerprint density at radius 2 is 1.04 bits per heavy atom. The van der Waals surface area contributed by atoms with E-state index < -0.39 is 0 Å². The van der Waals surface area contributed by atoms with Gasteiger partial charge < -0.3 is 9.13 Å². The topological polar surface area (TPSA) is 36.3 Å². The van der Waals surface area contributed by atoms with Crippen LogP contribution >= 0.6 is 0 Å². The first-order chi connectivity index (χ1) is 28.1. The molecule has 5 nitrogen and oxygen atoms in total. The number of aromatic nitrogens is 4. The van der Waals surface area contributed by atoms with Gasteiger partial charge in [0.1, 0.15) is 5.65 Å². The molecular weight excluding hydrogens is 697 g/mol. The molecule has 57 heavy (non-hydrogen) atoms. The van der Waals surface area contributed by atoms with E-state index in [1.165, 1.54) is 43.7 Å². The standard InChI is InChI=1S/C52H36N4O/c1-33-12-11-15-38(28-33)55-51-32-36-29-39(24-27-45(36)56(51)48-21-10-7-18-42(48)52(55)57)54-47-20-9-6-17-41(47)44-31-35(23-26-50(44)54)34-22-25-49-43(30-34)40-16-5-8-19-46(40)53(49)37-13-3-2-4-14-37/h2-11,13-33H,12H2,1H3. The van der Waals surface area contributed by atoms with Crippen LogP contribution in [0.2, 0.25) is 0 Å². The van der Waals surface area contributed by atoms with Crippen molar-refractivity contribution >= 4 is 76.8 Å². The van der Waals surface area contributed by atoms with E-state index in [9.17, 15) is 4.79 Å². The Morgan fingerprint density at radius 1 is 0.474 bits per heavy atom. The minimum absolute atomic E-state index is 0.00503. The van der Waals surface area contributed by atoms with Crippen molar-refractivity contribution in [2.45, 2.75) is 13.3 Å². The van der Waals surface area contributed by atoms with Crippen molar-refractivity contribution in [2.24, 2.45) is 5.92 Å². The van der Waals surface area contributed by atoms with Crippen LogP contribution < -0.4 is 5.56 Å². The molecule has 4 aromatic heterocycles. The Hall–Kier alpha value is -7.37. The fourth-order valence-electron chi connectivity index (χ4n) is 9.47. The van der Waals surface area contributed by atoms with Crippen molar-refractivity contribution in [1.29, 1.82) is 0 Å². The predicted octanol–water partition coefficient (Wildman–Crippen LogP) is 12.7. The smallest absolute Gasteiger partial charge is 0.266 e. The number of allylic oxidation sites excluding steroid dienone is 4. The fraction of sp³-hybridized carbons (Fsp3) is 0.0577. The third-order valence-corrected chi connectivity index (χ3v) is 12.0. The average molecular weight is 733 g/mol. The normalized spacial score (nSPS) is 14.6. The Morgan fingerprint density at radius 3 is 1.70 bits per heavy atom. The van der Waals surface area contributed by atoms with Crippen LogP contribution in [-0.4, -0.2) is 18.1 Å². The summed E-state index contributed by atoms with van der Waals surface area (Å²) in [5.41, 5.74) is 13.1. The Labute approximate surface area is 327 Å². The molecule has 5 heteroatoms. The zero-order chi connectivity index (χ0) is 37.8. The molecule has 1 atom stereocenters. The van der Waals surface area contributed by atoms with Gasteiger partial charge in [-0.1, -0.05) is 97.9 Å². The summed E-state index contributed by atoms with van der Waals surface area (Å²) in [6, 6.07) is 58.6. The maximum absolute atomic E-state index is 14.2. The minimum Gasteiger partial charge on any atom is -0.309 e. The molecule has 0 amide bonds. The van der Waals surface area contributed by atoms with Gasteiger partial charge in [-0.15, -0.1) is 0 Å². The van der Waals surface area contributed by atoms with Crippen LogP contribution in [0.3, 0.4) is 0 Å². The van der Waals surface area contributed by atoms with Gasteiger partial charge in [0, 0.05) is 44.0 Å². The zero-order valence-corrected chi connectivity index (χ0v) is 31.3. The van der Waals surface area contributed by atoms with E-state index in [2.05, 4.69) is 184 Å². The Kier molecular flexibility index (Phi) is 6.76. The van der Waals surface area contributed by atoms with Crippen LogP contribution in [0, 0.1) is 5.92 Å². The SMILES string of the molecule is CC1C=C(n2c(=O)c3ccccc3n3c4ccc(-n5c6ccccc6c6cc(-c7ccc8c(c7)c7ccccc7n8-c7ccccc7)ccc65)cc4cc23)C=CC1. The van der Waals surface area contributed by atoms with Gasteiger partial charge in [-0.2, -0.15) is 0 Å². The third-order valence-electron chi connectivity index (χ3n) is 12.0. The summed E-state index contributed by atoms with van der Waals surface area (Å²) in [6.45, 7) is 2.20. The lowest BCUT2D eigenvalue weighted by molar-refractivity contribution is 0.733. The second-order valence-electron chi connectivity index (χ2n) is 15.5. The maximum Gasteiger partial charge on any atom is 0.266 e. The van der Waals surface area contributed by atoms with Gasteiger partial charge in [-0.05, 0) is 114 Å². The molecule has 12 rings (SSSR count). The second-order valence-corrected chi connectivity index (χ2v) is 15.5. The molecule has 0 radical (unpaired) electrons. The highest BCUT2D eigenvalue weighted by Gasteiger charge is 2.20. The van der Waals surface area contributed by atoms with Gasteiger partial charge in [-0.25, -0.2) is 0 Å². The number of nitrogens with zero attached hydrogens (tertiary/aromatic N) is 4. The number of fused-ring (bicyclic) bond motifs is 11. The van der Waals surface area contributed by atoms with E-state index in [4.69, 9.17) is 0 Å². The van der Waals surface area contributed by atoms with Crippen LogP contribution in [0.15, 0.2) is 187 Å². The highest BCUT2D eigenvalue weighted by Crippen LogP contribution is 2.39. The number of hydrogen-bond acceptors (Lipinski definition) is 1. The molecule has 0 saturated heterocycles. The molecule has 11 aromatic rings. The number of para-hydroxylation sites is 4. The van der Waals surface area contributed by atoms with E-state index in [-0.39, 0.29) is 5.56 Å². The van der Waals surface area contributed by atoms with Gasteiger partial charge in [0.2, 0.25) is 0 Å². The molecule has 0 bridgehead atoms. The molecule has 270 valence electrons. The molecule has 0 saturated carbocycles. The lowest BCUT2D eigenvalue weighted by Gasteiger charge is -2.17. The summed E-state index contributed by atoms with van der Waals surface area (Å²) >= 11 is 0. The van der Waals surface area contributed by atoms with Gasteiger partial charge in [0.05, 0.1) is 38.5 Å². The molecule has 0 spiro atoms. The average Bonchev–Trinajstić information content (AvgIpc) is 3.91. The zero-order valence-electron chi connectivity index (χ0n) is 31.3. The number of benzene rings is 7. The van der Waals surface area contributed by atoms with Crippen LogP contribution in [0.1, 0.15) is 13.3 Å². The molecule has 1 unspecified atom stereocenters. The summed E-state index contributed by atoms with van der Waals surface area (Å²) in [5.74, 6) is 0.361.